The molecule has 7 heteroatoms. The van der Waals surface area contributed by atoms with Crippen molar-refractivity contribution in [1.82, 2.24) is 20.2 Å². The standard InChI is InChI=1S/C14H22N4O3/c1-15-12(19)8-14(20)5-3-7-18(10-14)9-11-4-6-16-13(17-11)21-2/h4,6,20H,3,5,7-10H2,1-2H3,(H,15,19). The van der Waals surface area contributed by atoms with Gasteiger partial charge in [-0.05, 0) is 25.5 Å². The number of carbonyl (C=O) groups is 1. The smallest absolute Gasteiger partial charge is 0.316 e. The van der Waals surface area contributed by atoms with Crippen molar-refractivity contribution in [3.05, 3.63) is 18.0 Å². The fourth-order valence-corrected chi connectivity index (χ4v) is 2.66. The second kappa shape index (κ2) is 6.82. The van der Waals surface area contributed by atoms with E-state index in [9.17, 15) is 9.90 Å². The number of β-amino-alcohol motifs (C(OH)–C–C–N with tert-alkyl or cyclic N) is 1. The molecule has 1 aromatic rings. The molecule has 0 bridgehead atoms. The van der Waals surface area contributed by atoms with E-state index in [1.54, 1.807) is 13.2 Å². The first kappa shape index (κ1) is 15.7. The average Bonchev–Trinajstić information content (AvgIpc) is 2.47. The van der Waals surface area contributed by atoms with Gasteiger partial charge in [-0.3, -0.25) is 9.69 Å². The number of amides is 1. The van der Waals surface area contributed by atoms with Gasteiger partial charge in [-0.25, -0.2) is 4.98 Å². The molecular formula is C14H22N4O3. The highest BCUT2D eigenvalue weighted by molar-refractivity contribution is 5.76. The number of hydrogen-bond donors (Lipinski definition) is 2. The molecule has 1 aliphatic heterocycles. The van der Waals surface area contributed by atoms with Gasteiger partial charge in [-0.15, -0.1) is 0 Å². The van der Waals surface area contributed by atoms with Gasteiger partial charge in [-0.2, -0.15) is 4.98 Å². The molecular weight excluding hydrogens is 272 g/mol. The maximum Gasteiger partial charge on any atom is 0.316 e. The Bertz CT molecular complexity index is 497. The van der Waals surface area contributed by atoms with Crippen molar-refractivity contribution >= 4 is 5.91 Å². The normalized spacial score (nSPS) is 22.8. The predicted octanol–water partition coefficient (Wildman–Crippen LogP) is -0.0518. The number of methoxy groups -OCH3 is 1. The highest BCUT2D eigenvalue weighted by Crippen LogP contribution is 2.25. The second-order valence-corrected chi connectivity index (χ2v) is 5.42. The third kappa shape index (κ3) is 4.37. The molecule has 1 saturated heterocycles. The fraction of sp³-hybridized carbons (Fsp3) is 0.643. The Kier molecular flexibility index (Phi) is 5.08. The van der Waals surface area contributed by atoms with E-state index in [1.165, 1.54) is 7.11 Å². The van der Waals surface area contributed by atoms with Crippen molar-refractivity contribution in [1.29, 1.82) is 0 Å². The van der Waals surface area contributed by atoms with Gasteiger partial charge in [0.2, 0.25) is 5.91 Å². The number of rotatable bonds is 5. The molecule has 21 heavy (non-hydrogen) atoms. The molecule has 116 valence electrons. The van der Waals surface area contributed by atoms with E-state index in [0.717, 1.165) is 18.7 Å². The van der Waals surface area contributed by atoms with Crippen LogP contribution in [0, 0.1) is 0 Å². The van der Waals surface area contributed by atoms with E-state index in [-0.39, 0.29) is 12.3 Å². The molecule has 1 aliphatic rings. The minimum Gasteiger partial charge on any atom is -0.467 e. The summed E-state index contributed by atoms with van der Waals surface area (Å²) in [6.07, 6.45) is 3.29. The predicted molar refractivity (Wildman–Crippen MR) is 76.7 cm³/mol. The third-order valence-corrected chi connectivity index (χ3v) is 3.66. The van der Waals surface area contributed by atoms with Crippen LogP contribution in [0.15, 0.2) is 12.3 Å². The van der Waals surface area contributed by atoms with Crippen LogP contribution in [0.3, 0.4) is 0 Å². The Labute approximate surface area is 124 Å². The lowest BCUT2D eigenvalue weighted by molar-refractivity contribution is -0.128. The monoisotopic (exact) mass is 294 g/mol. The molecule has 1 atom stereocenters. The van der Waals surface area contributed by atoms with Crippen LogP contribution < -0.4 is 10.1 Å². The molecule has 1 fully saturated rings. The largest absolute Gasteiger partial charge is 0.467 e. The summed E-state index contributed by atoms with van der Waals surface area (Å²) in [5, 5.41) is 13.1. The van der Waals surface area contributed by atoms with E-state index in [0.29, 0.717) is 25.5 Å². The van der Waals surface area contributed by atoms with Gasteiger partial charge < -0.3 is 15.2 Å². The first-order chi connectivity index (χ1) is 10.0. The average molecular weight is 294 g/mol. The first-order valence-corrected chi connectivity index (χ1v) is 7.06. The zero-order valence-corrected chi connectivity index (χ0v) is 12.5. The van der Waals surface area contributed by atoms with E-state index in [2.05, 4.69) is 20.2 Å². The van der Waals surface area contributed by atoms with Gasteiger partial charge in [-0.1, -0.05) is 0 Å². The number of nitrogens with one attached hydrogen (secondary N) is 1. The second-order valence-electron chi connectivity index (χ2n) is 5.42. The Morgan fingerprint density at radius 2 is 2.43 bits per heavy atom. The lowest BCUT2D eigenvalue weighted by atomic mass is 9.89. The van der Waals surface area contributed by atoms with Crippen LogP contribution in [0.5, 0.6) is 6.01 Å². The number of carbonyl (C=O) groups excluding carboxylic acids is 1. The van der Waals surface area contributed by atoms with Crippen molar-refractivity contribution in [2.75, 3.05) is 27.2 Å². The molecule has 1 amide bonds. The SMILES string of the molecule is CNC(=O)CC1(O)CCCN(Cc2ccnc(OC)n2)C1. The van der Waals surface area contributed by atoms with E-state index < -0.39 is 5.60 Å². The van der Waals surface area contributed by atoms with Gasteiger partial charge in [0, 0.05) is 26.3 Å². The van der Waals surface area contributed by atoms with Crippen molar-refractivity contribution in [3.8, 4) is 6.01 Å². The Morgan fingerprint density at radius 3 is 3.14 bits per heavy atom. The molecule has 1 aromatic heterocycles. The van der Waals surface area contributed by atoms with Gasteiger partial charge >= 0.3 is 6.01 Å². The van der Waals surface area contributed by atoms with Crippen LogP contribution in [0.4, 0.5) is 0 Å². The van der Waals surface area contributed by atoms with Crippen molar-refractivity contribution in [2.45, 2.75) is 31.4 Å². The van der Waals surface area contributed by atoms with E-state index in [1.807, 2.05) is 6.07 Å². The number of piperidine rings is 1. The molecule has 0 spiro atoms. The van der Waals surface area contributed by atoms with E-state index in [4.69, 9.17) is 4.74 Å². The molecule has 1 unspecified atom stereocenters. The van der Waals surface area contributed by atoms with Crippen molar-refractivity contribution < 1.29 is 14.6 Å². The minimum absolute atomic E-state index is 0.132. The number of aromatic nitrogens is 2. The Hall–Kier alpha value is -1.73. The number of aliphatic hydroxyl groups is 1. The van der Waals surface area contributed by atoms with Crippen LogP contribution in [0.25, 0.3) is 0 Å². The number of nitrogens with zero attached hydrogens (tertiary/aromatic N) is 3. The lowest BCUT2D eigenvalue weighted by Gasteiger charge is -2.38. The summed E-state index contributed by atoms with van der Waals surface area (Å²) >= 11 is 0. The molecule has 2 N–H and O–H groups in total. The molecule has 0 radical (unpaired) electrons. The summed E-state index contributed by atoms with van der Waals surface area (Å²) in [5.74, 6) is -0.136. The first-order valence-electron chi connectivity index (χ1n) is 7.06. The molecule has 7 nitrogen and oxygen atoms in total. The zero-order valence-electron chi connectivity index (χ0n) is 12.5. The van der Waals surface area contributed by atoms with Crippen LogP contribution in [-0.2, 0) is 11.3 Å². The molecule has 0 saturated carbocycles. The Morgan fingerprint density at radius 1 is 1.62 bits per heavy atom. The number of hydrogen-bond acceptors (Lipinski definition) is 6. The highest BCUT2D eigenvalue weighted by atomic mass is 16.5. The molecule has 0 aromatic carbocycles. The van der Waals surface area contributed by atoms with Crippen LogP contribution in [0.2, 0.25) is 0 Å². The summed E-state index contributed by atoms with van der Waals surface area (Å²) in [7, 11) is 3.11. The topological polar surface area (TPSA) is 87.6 Å². The van der Waals surface area contributed by atoms with Crippen molar-refractivity contribution in [3.63, 3.8) is 0 Å². The number of ether oxygens (including phenoxy) is 1. The van der Waals surface area contributed by atoms with Gasteiger partial charge in [0.15, 0.2) is 0 Å². The summed E-state index contributed by atoms with van der Waals surface area (Å²) in [5.41, 5.74) is -0.124. The van der Waals surface area contributed by atoms with Gasteiger partial charge in [0.25, 0.3) is 0 Å². The maximum absolute atomic E-state index is 11.5. The quantitative estimate of drug-likeness (QED) is 0.791. The molecule has 0 aliphatic carbocycles. The van der Waals surface area contributed by atoms with Gasteiger partial charge in [0.05, 0.1) is 24.8 Å². The summed E-state index contributed by atoms with van der Waals surface area (Å²) < 4.78 is 5.01. The number of likely N-dealkylation sites (tertiary alicyclic amines) is 1. The third-order valence-electron chi connectivity index (χ3n) is 3.66. The molecule has 2 heterocycles. The van der Waals surface area contributed by atoms with Crippen LogP contribution in [-0.4, -0.2) is 58.7 Å². The molecule has 2 rings (SSSR count). The van der Waals surface area contributed by atoms with Crippen molar-refractivity contribution in [2.24, 2.45) is 0 Å². The highest BCUT2D eigenvalue weighted by Gasteiger charge is 2.35. The minimum atomic E-state index is -0.963. The van der Waals surface area contributed by atoms with Crippen LogP contribution in [0.1, 0.15) is 25.0 Å². The van der Waals surface area contributed by atoms with Crippen LogP contribution >= 0.6 is 0 Å². The Balaban J connectivity index is 1.98. The summed E-state index contributed by atoms with van der Waals surface area (Å²) in [6, 6.07) is 2.17. The zero-order chi connectivity index (χ0) is 15.3. The summed E-state index contributed by atoms with van der Waals surface area (Å²) in [6.45, 7) is 1.95. The maximum atomic E-state index is 11.5. The fourth-order valence-electron chi connectivity index (χ4n) is 2.66. The summed E-state index contributed by atoms with van der Waals surface area (Å²) in [4.78, 5) is 21.9. The van der Waals surface area contributed by atoms with E-state index >= 15 is 0 Å². The van der Waals surface area contributed by atoms with Gasteiger partial charge in [0.1, 0.15) is 0 Å². The lowest BCUT2D eigenvalue weighted by Crippen LogP contribution is -2.49.